The van der Waals surface area contributed by atoms with Crippen LogP contribution in [0.1, 0.15) is 35.7 Å². The molecule has 2 aromatic rings. The Morgan fingerprint density at radius 2 is 1.89 bits per heavy atom. The van der Waals surface area contributed by atoms with E-state index in [2.05, 4.69) is 12.2 Å². The zero-order valence-electron chi connectivity index (χ0n) is 14.9. The van der Waals surface area contributed by atoms with Gasteiger partial charge >= 0.3 is 5.97 Å². The second-order valence-electron chi connectivity index (χ2n) is 5.71. The van der Waals surface area contributed by atoms with E-state index in [0.717, 1.165) is 12.8 Å². The number of hydrogen-bond acceptors (Lipinski definition) is 4. The maximum absolute atomic E-state index is 12.5. The number of carbonyl (C=O) groups is 2. The normalized spacial score (nSPS) is 10.7. The van der Waals surface area contributed by atoms with Crippen molar-refractivity contribution in [1.82, 2.24) is 0 Å². The summed E-state index contributed by atoms with van der Waals surface area (Å²) >= 11 is 0. The summed E-state index contributed by atoms with van der Waals surface area (Å²) in [5.74, 6) is -1.27. The van der Waals surface area contributed by atoms with Gasteiger partial charge in [0.05, 0.1) is 17.9 Å². The van der Waals surface area contributed by atoms with Gasteiger partial charge in [-0.1, -0.05) is 43.7 Å². The van der Waals surface area contributed by atoms with Crippen molar-refractivity contribution >= 4 is 23.6 Å². The van der Waals surface area contributed by atoms with E-state index in [1.807, 2.05) is 12.1 Å². The molecular weight excluding hydrogens is 344 g/mol. The smallest absolute Gasteiger partial charge is 0.337 e. The Bertz CT molecular complexity index is 897. The molecule has 0 aliphatic heterocycles. The first kappa shape index (κ1) is 19.7. The predicted octanol–water partition coefficient (Wildman–Crippen LogP) is 4.11. The van der Waals surface area contributed by atoms with Crippen molar-refractivity contribution in [2.24, 2.45) is 0 Å². The van der Waals surface area contributed by atoms with Gasteiger partial charge < -0.3 is 15.2 Å². The van der Waals surface area contributed by atoms with Crippen molar-refractivity contribution in [1.29, 1.82) is 5.26 Å². The highest BCUT2D eigenvalue weighted by molar-refractivity contribution is 6.11. The first-order chi connectivity index (χ1) is 13.1. The molecule has 0 radical (unpaired) electrons. The molecule has 0 saturated heterocycles. The van der Waals surface area contributed by atoms with Crippen LogP contribution in [0.3, 0.4) is 0 Å². The highest BCUT2D eigenvalue weighted by Crippen LogP contribution is 2.22. The molecule has 0 heterocycles. The molecule has 2 aromatic carbocycles. The van der Waals surface area contributed by atoms with Crippen LogP contribution in [-0.2, 0) is 4.79 Å². The number of nitrogens with one attached hydrogen (secondary N) is 1. The summed E-state index contributed by atoms with van der Waals surface area (Å²) in [6, 6.07) is 15.0. The zero-order chi connectivity index (χ0) is 19.6. The van der Waals surface area contributed by atoms with E-state index in [0.29, 0.717) is 17.9 Å². The summed E-state index contributed by atoms with van der Waals surface area (Å²) in [6.07, 6.45) is 3.32. The maximum Gasteiger partial charge on any atom is 0.337 e. The van der Waals surface area contributed by atoms with Gasteiger partial charge in [-0.15, -0.1) is 0 Å². The van der Waals surface area contributed by atoms with E-state index < -0.39 is 11.9 Å². The molecule has 2 rings (SSSR count). The second kappa shape index (κ2) is 9.78. The van der Waals surface area contributed by atoms with Crippen molar-refractivity contribution in [2.45, 2.75) is 19.8 Å². The minimum atomic E-state index is -1.16. The Balaban J connectivity index is 2.26. The number of amides is 1. The highest BCUT2D eigenvalue weighted by Gasteiger charge is 2.15. The summed E-state index contributed by atoms with van der Waals surface area (Å²) in [4.78, 5) is 23.7. The third kappa shape index (κ3) is 5.44. The molecule has 1 amide bonds. The summed E-state index contributed by atoms with van der Waals surface area (Å²) < 4.78 is 5.71. The van der Waals surface area contributed by atoms with Crippen LogP contribution in [0.4, 0.5) is 5.69 Å². The quantitative estimate of drug-likeness (QED) is 0.417. The van der Waals surface area contributed by atoms with Crippen molar-refractivity contribution in [3.05, 3.63) is 65.2 Å². The number of nitriles is 1. The lowest BCUT2D eigenvalue weighted by Gasteiger charge is -2.10. The maximum atomic E-state index is 12.5. The monoisotopic (exact) mass is 364 g/mol. The lowest BCUT2D eigenvalue weighted by molar-refractivity contribution is -0.112. The number of carboxylic acid groups (broad SMARTS) is 1. The lowest BCUT2D eigenvalue weighted by Crippen LogP contribution is -2.16. The summed E-state index contributed by atoms with van der Waals surface area (Å²) in [5, 5.41) is 21.1. The van der Waals surface area contributed by atoms with Crippen LogP contribution in [0, 0.1) is 11.3 Å². The fourth-order valence-corrected chi connectivity index (χ4v) is 2.33. The van der Waals surface area contributed by atoms with Gasteiger partial charge in [0, 0.05) is 5.56 Å². The molecule has 0 atom stereocenters. The first-order valence-electron chi connectivity index (χ1n) is 8.54. The van der Waals surface area contributed by atoms with Gasteiger partial charge in [-0.3, -0.25) is 4.79 Å². The highest BCUT2D eigenvalue weighted by atomic mass is 16.5. The third-order valence-corrected chi connectivity index (χ3v) is 3.75. The van der Waals surface area contributed by atoms with Crippen LogP contribution in [0.15, 0.2) is 54.1 Å². The molecule has 6 nitrogen and oxygen atoms in total. The molecule has 0 aliphatic rings. The Labute approximate surface area is 157 Å². The average molecular weight is 364 g/mol. The molecule has 0 bridgehead atoms. The topological polar surface area (TPSA) is 99.4 Å². The Hall–Kier alpha value is -3.59. The van der Waals surface area contributed by atoms with Gasteiger partial charge in [-0.2, -0.15) is 5.26 Å². The van der Waals surface area contributed by atoms with Gasteiger partial charge in [-0.05, 0) is 30.7 Å². The Morgan fingerprint density at radius 1 is 1.19 bits per heavy atom. The van der Waals surface area contributed by atoms with Gasteiger partial charge in [0.25, 0.3) is 5.91 Å². The Kier molecular flexibility index (Phi) is 7.15. The van der Waals surface area contributed by atoms with E-state index >= 15 is 0 Å². The molecule has 0 fully saturated rings. The molecule has 0 unspecified atom stereocenters. The number of para-hydroxylation sites is 2. The number of rotatable bonds is 8. The molecule has 0 aliphatic carbocycles. The fraction of sp³-hybridized carbons (Fsp3) is 0.190. The van der Waals surface area contributed by atoms with Gasteiger partial charge in [0.2, 0.25) is 0 Å². The minimum absolute atomic E-state index is 0.0496. The number of carboxylic acids is 1. The van der Waals surface area contributed by atoms with Crippen LogP contribution < -0.4 is 10.1 Å². The third-order valence-electron chi connectivity index (χ3n) is 3.75. The standard InChI is InChI=1S/C21H20N2O4/c1-2-3-12-27-19-11-7-4-8-15(19)13-16(14-22)20(24)23-18-10-6-5-9-17(18)21(25)26/h4-11,13H,2-3,12H2,1H3,(H,23,24)(H,25,26). The summed E-state index contributed by atoms with van der Waals surface area (Å²) in [5.41, 5.74) is 0.531. The summed E-state index contributed by atoms with van der Waals surface area (Å²) in [7, 11) is 0. The van der Waals surface area contributed by atoms with E-state index in [9.17, 15) is 20.0 Å². The van der Waals surface area contributed by atoms with Gasteiger partial charge in [0.1, 0.15) is 17.4 Å². The fourth-order valence-electron chi connectivity index (χ4n) is 2.33. The number of aromatic carboxylic acids is 1. The predicted molar refractivity (Wildman–Crippen MR) is 102 cm³/mol. The second-order valence-corrected chi connectivity index (χ2v) is 5.71. The lowest BCUT2D eigenvalue weighted by atomic mass is 10.1. The van der Waals surface area contributed by atoms with E-state index in [4.69, 9.17) is 4.74 Å². The number of benzene rings is 2. The molecule has 138 valence electrons. The van der Waals surface area contributed by atoms with Crippen LogP contribution >= 0.6 is 0 Å². The summed E-state index contributed by atoms with van der Waals surface area (Å²) in [6.45, 7) is 2.60. The molecule has 0 aromatic heterocycles. The number of hydrogen-bond donors (Lipinski definition) is 2. The number of unbranched alkanes of at least 4 members (excludes halogenated alkanes) is 1. The van der Waals surface area contributed by atoms with Gasteiger partial charge in [-0.25, -0.2) is 4.79 Å². The van der Waals surface area contributed by atoms with Gasteiger partial charge in [0.15, 0.2) is 0 Å². The van der Waals surface area contributed by atoms with Crippen LogP contribution in [-0.4, -0.2) is 23.6 Å². The first-order valence-corrected chi connectivity index (χ1v) is 8.54. The van der Waals surface area contributed by atoms with Crippen LogP contribution in [0.2, 0.25) is 0 Å². The largest absolute Gasteiger partial charge is 0.493 e. The van der Waals surface area contributed by atoms with Crippen molar-refractivity contribution < 1.29 is 19.4 Å². The molecule has 6 heteroatoms. The van der Waals surface area contributed by atoms with Crippen molar-refractivity contribution in [3.63, 3.8) is 0 Å². The van der Waals surface area contributed by atoms with E-state index in [1.54, 1.807) is 30.3 Å². The van der Waals surface area contributed by atoms with Crippen molar-refractivity contribution in [2.75, 3.05) is 11.9 Å². The van der Waals surface area contributed by atoms with E-state index in [-0.39, 0.29) is 16.8 Å². The molecular formula is C21H20N2O4. The van der Waals surface area contributed by atoms with Crippen molar-refractivity contribution in [3.8, 4) is 11.8 Å². The molecule has 27 heavy (non-hydrogen) atoms. The molecule has 0 saturated carbocycles. The number of anilines is 1. The number of carbonyl (C=O) groups excluding carboxylic acids is 1. The number of ether oxygens (including phenoxy) is 1. The molecule has 2 N–H and O–H groups in total. The molecule has 0 spiro atoms. The zero-order valence-corrected chi connectivity index (χ0v) is 14.9. The minimum Gasteiger partial charge on any atom is -0.493 e. The van der Waals surface area contributed by atoms with E-state index in [1.165, 1.54) is 18.2 Å². The van der Waals surface area contributed by atoms with Crippen LogP contribution in [0.25, 0.3) is 6.08 Å². The van der Waals surface area contributed by atoms with Crippen LogP contribution in [0.5, 0.6) is 5.75 Å². The number of nitrogens with zero attached hydrogens (tertiary/aromatic N) is 1. The average Bonchev–Trinajstić information content (AvgIpc) is 2.67. The Morgan fingerprint density at radius 3 is 2.59 bits per heavy atom. The SMILES string of the molecule is CCCCOc1ccccc1C=C(C#N)C(=O)Nc1ccccc1C(=O)O.